The van der Waals surface area contributed by atoms with Crippen molar-refractivity contribution >= 4 is 28.9 Å². The minimum absolute atomic E-state index is 0.0125. The standard InChI is InChI=1S/C15H18N2OS/c1-10(2)12-7-5-11(6-8-12)9-13-14(18)17(4)15(16-3)19-13/h5-10H,1-4H3/b13-9+,16-15?. The van der Waals surface area contributed by atoms with Gasteiger partial charge in [0.05, 0.1) is 4.91 Å². The second kappa shape index (κ2) is 5.61. The smallest absolute Gasteiger partial charge is 0.266 e. The van der Waals surface area contributed by atoms with Gasteiger partial charge < -0.3 is 0 Å². The van der Waals surface area contributed by atoms with Crippen LogP contribution in [0.4, 0.5) is 0 Å². The molecule has 1 fully saturated rings. The van der Waals surface area contributed by atoms with E-state index in [1.807, 2.05) is 6.08 Å². The van der Waals surface area contributed by atoms with Crippen LogP contribution in [0.2, 0.25) is 0 Å². The van der Waals surface area contributed by atoms with Crippen molar-refractivity contribution < 1.29 is 4.79 Å². The molecule has 19 heavy (non-hydrogen) atoms. The Bertz CT molecular complexity index is 544. The fourth-order valence-electron chi connectivity index (χ4n) is 1.88. The zero-order valence-electron chi connectivity index (χ0n) is 11.7. The Morgan fingerprint density at radius 3 is 2.37 bits per heavy atom. The molecule has 0 N–H and O–H groups in total. The zero-order valence-corrected chi connectivity index (χ0v) is 12.5. The summed E-state index contributed by atoms with van der Waals surface area (Å²) >= 11 is 1.42. The molecule has 0 radical (unpaired) electrons. The van der Waals surface area contributed by atoms with Crippen molar-refractivity contribution in [3.63, 3.8) is 0 Å². The molecule has 0 saturated carbocycles. The van der Waals surface area contributed by atoms with Crippen LogP contribution < -0.4 is 0 Å². The van der Waals surface area contributed by atoms with Gasteiger partial charge in [-0.15, -0.1) is 0 Å². The van der Waals surface area contributed by atoms with Crippen LogP contribution in [0.1, 0.15) is 30.9 Å². The molecule has 1 amide bonds. The molecule has 1 saturated heterocycles. The minimum Gasteiger partial charge on any atom is -0.290 e. The number of carbonyl (C=O) groups excluding carboxylic acids is 1. The lowest BCUT2D eigenvalue weighted by atomic mass is 10.0. The van der Waals surface area contributed by atoms with Crippen LogP contribution in [-0.2, 0) is 4.79 Å². The third-order valence-corrected chi connectivity index (χ3v) is 4.25. The fourth-order valence-corrected chi connectivity index (χ4v) is 2.81. The molecular formula is C15H18N2OS. The van der Waals surface area contributed by atoms with Gasteiger partial charge in [-0.1, -0.05) is 38.1 Å². The summed E-state index contributed by atoms with van der Waals surface area (Å²) in [6, 6.07) is 8.33. The maximum absolute atomic E-state index is 12.0. The minimum atomic E-state index is 0.0125. The van der Waals surface area contributed by atoms with Gasteiger partial charge >= 0.3 is 0 Å². The zero-order chi connectivity index (χ0) is 14.0. The molecule has 1 aromatic carbocycles. The SMILES string of the molecule is CN=C1S/C(=C/c2ccc(C(C)C)cc2)C(=O)N1C. The fraction of sp³-hybridized carbons (Fsp3) is 0.333. The number of carbonyl (C=O) groups is 1. The highest BCUT2D eigenvalue weighted by atomic mass is 32.2. The average Bonchev–Trinajstić information content (AvgIpc) is 2.67. The summed E-state index contributed by atoms with van der Waals surface area (Å²) in [6.07, 6.45) is 1.92. The van der Waals surface area contributed by atoms with Crippen LogP contribution in [0.5, 0.6) is 0 Å². The van der Waals surface area contributed by atoms with Crippen LogP contribution in [0, 0.1) is 0 Å². The summed E-state index contributed by atoms with van der Waals surface area (Å²) in [5.41, 5.74) is 2.35. The monoisotopic (exact) mass is 274 g/mol. The quantitative estimate of drug-likeness (QED) is 0.775. The first-order chi connectivity index (χ1) is 9.02. The Kier molecular flexibility index (Phi) is 4.10. The molecule has 1 aliphatic rings. The maximum atomic E-state index is 12.0. The predicted molar refractivity (Wildman–Crippen MR) is 82.2 cm³/mol. The van der Waals surface area contributed by atoms with Crippen molar-refractivity contribution in [3.05, 3.63) is 40.3 Å². The normalized spacial score (nSPS) is 20.1. The highest BCUT2D eigenvalue weighted by Gasteiger charge is 2.29. The predicted octanol–water partition coefficient (Wildman–Crippen LogP) is 3.34. The van der Waals surface area contributed by atoms with E-state index in [-0.39, 0.29) is 5.91 Å². The highest BCUT2D eigenvalue weighted by Crippen LogP contribution is 2.31. The van der Waals surface area contributed by atoms with Gasteiger partial charge in [-0.3, -0.25) is 14.7 Å². The van der Waals surface area contributed by atoms with E-state index in [0.717, 1.165) is 15.6 Å². The Balaban J connectivity index is 2.25. The number of benzene rings is 1. The molecule has 1 heterocycles. The number of nitrogens with zero attached hydrogens (tertiary/aromatic N) is 2. The molecule has 2 rings (SSSR count). The molecule has 0 spiro atoms. The first-order valence-corrected chi connectivity index (χ1v) is 7.09. The molecule has 0 aromatic heterocycles. The number of aliphatic imine (C=N–C) groups is 1. The number of rotatable bonds is 2. The van der Waals surface area contributed by atoms with Gasteiger partial charge in [-0.2, -0.15) is 0 Å². The molecule has 0 aliphatic carbocycles. The first kappa shape index (κ1) is 13.9. The molecule has 0 unspecified atom stereocenters. The van der Waals surface area contributed by atoms with Gasteiger partial charge in [-0.05, 0) is 34.9 Å². The second-order valence-electron chi connectivity index (χ2n) is 4.80. The van der Waals surface area contributed by atoms with E-state index < -0.39 is 0 Å². The van der Waals surface area contributed by atoms with E-state index in [4.69, 9.17) is 0 Å². The summed E-state index contributed by atoms with van der Waals surface area (Å²) in [4.78, 5) is 18.4. The summed E-state index contributed by atoms with van der Waals surface area (Å²) in [6.45, 7) is 4.34. The molecule has 3 nitrogen and oxygen atoms in total. The lowest BCUT2D eigenvalue weighted by Crippen LogP contribution is -2.23. The Morgan fingerprint density at radius 1 is 1.26 bits per heavy atom. The summed E-state index contributed by atoms with van der Waals surface area (Å²) in [5, 5.41) is 0.745. The number of hydrogen-bond donors (Lipinski definition) is 0. The largest absolute Gasteiger partial charge is 0.290 e. The van der Waals surface area contributed by atoms with Gasteiger partial charge in [0.1, 0.15) is 0 Å². The third kappa shape index (κ3) is 2.89. The van der Waals surface area contributed by atoms with E-state index in [1.54, 1.807) is 19.0 Å². The molecule has 1 aliphatic heterocycles. The van der Waals surface area contributed by atoms with Gasteiger partial charge in [0, 0.05) is 14.1 Å². The van der Waals surface area contributed by atoms with Crippen LogP contribution in [-0.4, -0.2) is 30.1 Å². The summed E-state index contributed by atoms with van der Waals surface area (Å²) in [7, 11) is 3.45. The number of thioether (sulfide) groups is 1. The number of likely N-dealkylation sites (N-methyl/N-ethyl adjacent to an activating group) is 1. The van der Waals surface area contributed by atoms with E-state index >= 15 is 0 Å². The Labute approximate surface area is 118 Å². The summed E-state index contributed by atoms with van der Waals surface area (Å²) in [5.74, 6) is 0.535. The molecule has 0 atom stereocenters. The topological polar surface area (TPSA) is 32.7 Å². The van der Waals surface area contributed by atoms with Gasteiger partial charge in [-0.25, -0.2) is 0 Å². The molecular weight excluding hydrogens is 256 g/mol. The molecule has 100 valence electrons. The van der Waals surface area contributed by atoms with Crippen molar-refractivity contribution in [1.29, 1.82) is 0 Å². The van der Waals surface area contributed by atoms with Gasteiger partial charge in [0.25, 0.3) is 5.91 Å². The maximum Gasteiger partial charge on any atom is 0.266 e. The van der Waals surface area contributed by atoms with E-state index in [1.165, 1.54) is 17.3 Å². The van der Waals surface area contributed by atoms with Crippen molar-refractivity contribution in [2.75, 3.05) is 14.1 Å². The van der Waals surface area contributed by atoms with Crippen LogP contribution >= 0.6 is 11.8 Å². The first-order valence-electron chi connectivity index (χ1n) is 6.27. The average molecular weight is 274 g/mol. The highest BCUT2D eigenvalue weighted by molar-refractivity contribution is 8.18. The second-order valence-corrected chi connectivity index (χ2v) is 5.81. The lowest BCUT2D eigenvalue weighted by Gasteiger charge is -2.05. The Hall–Kier alpha value is -1.55. The number of amides is 1. The van der Waals surface area contributed by atoms with Crippen LogP contribution in [0.3, 0.4) is 0 Å². The lowest BCUT2D eigenvalue weighted by molar-refractivity contribution is -0.121. The summed E-state index contributed by atoms with van der Waals surface area (Å²) < 4.78 is 0. The Morgan fingerprint density at radius 2 is 1.89 bits per heavy atom. The van der Waals surface area contributed by atoms with E-state index in [0.29, 0.717) is 5.92 Å². The van der Waals surface area contributed by atoms with Crippen LogP contribution in [0.15, 0.2) is 34.2 Å². The number of hydrogen-bond acceptors (Lipinski definition) is 3. The van der Waals surface area contributed by atoms with Crippen molar-refractivity contribution in [1.82, 2.24) is 4.90 Å². The van der Waals surface area contributed by atoms with Crippen molar-refractivity contribution in [3.8, 4) is 0 Å². The van der Waals surface area contributed by atoms with Crippen LogP contribution in [0.25, 0.3) is 6.08 Å². The molecule has 0 bridgehead atoms. The molecule has 4 heteroatoms. The van der Waals surface area contributed by atoms with Gasteiger partial charge in [0.2, 0.25) is 0 Å². The van der Waals surface area contributed by atoms with E-state index in [9.17, 15) is 4.79 Å². The van der Waals surface area contributed by atoms with E-state index in [2.05, 4.69) is 43.1 Å². The van der Waals surface area contributed by atoms with Crippen molar-refractivity contribution in [2.45, 2.75) is 19.8 Å². The van der Waals surface area contributed by atoms with Gasteiger partial charge in [0.15, 0.2) is 5.17 Å². The third-order valence-electron chi connectivity index (χ3n) is 3.10. The molecule has 1 aromatic rings. The van der Waals surface area contributed by atoms with Crippen molar-refractivity contribution in [2.24, 2.45) is 4.99 Å². The number of amidine groups is 1.